The monoisotopic (exact) mass is 370 g/mol. The van der Waals surface area contributed by atoms with E-state index >= 15 is 0 Å². The van der Waals surface area contributed by atoms with Crippen LogP contribution in [0.4, 0.5) is 0 Å². The van der Waals surface area contributed by atoms with Crippen molar-refractivity contribution in [1.82, 2.24) is 0 Å². The molecule has 0 aromatic heterocycles. The number of hydrogen-bond donors (Lipinski definition) is 5. The molecule has 0 aliphatic rings. The number of rotatable bonds is 6. The van der Waals surface area contributed by atoms with Crippen LogP contribution in [0.25, 0.3) is 0 Å². The van der Waals surface area contributed by atoms with Crippen molar-refractivity contribution in [2.45, 2.75) is 18.4 Å². The minimum atomic E-state index is -2.74. The molecule has 0 aliphatic heterocycles. The van der Waals surface area contributed by atoms with Crippen molar-refractivity contribution in [3.8, 4) is 0 Å². The van der Waals surface area contributed by atoms with Crippen LogP contribution in [0, 0.1) is 0 Å². The van der Waals surface area contributed by atoms with Gasteiger partial charge in [0.2, 0.25) is 0 Å². The summed E-state index contributed by atoms with van der Waals surface area (Å²) in [6.45, 7) is 0. The van der Waals surface area contributed by atoms with E-state index < -0.39 is 42.3 Å². The van der Waals surface area contributed by atoms with Crippen LogP contribution in [0.2, 0.25) is 0 Å². The third-order valence-corrected chi connectivity index (χ3v) is 2.31. The first-order chi connectivity index (χ1) is 10.1. The van der Waals surface area contributed by atoms with E-state index in [4.69, 9.17) is 25.5 Å². The fourth-order valence-electron chi connectivity index (χ4n) is 1.29. The Bertz CT molecular complexity index is 540. The maximum Gasteiger partial charge on any atom is 0.336 e. The van der Waals surface area contributed by atoms with Gasteiger partial charge in [0.25, 0.3) is 0 Å². The summed E-state index contributed by atoms with van der Waals surface area (Å²) in [5.74, 6) is -5.90. The van der Waals surface area contributed by atoms with E-state index in [1.807, 2.05) is 0 Å². The molecule has 9 nitrogen and oxygen atoms in total. The van der Waals surface area contributed by atoms with Gasteiger partial charge in [-0.2, -0.15) is 0 Å². The SMILES string of the molecule is O=C(O)CC(O)(CC(=O)O)C(=O)O.O=C(O)c1ccccc1.[Fe]. The second-order valence-corrected chi connectivity index (χ2v) is 4.15. The minimum absolute atomic E-state index is 0. The van der Waals surface area contributed by atoms with Crippen LogP contribution in [0.15, 0.2) is 30.3 Å². The molecule has 0 unspecified atom stereocenters. The fourth-order valence-corrected chi connectivity index (χ4v) is 1.29. The van der Waals surface area contributed by atoms with E-state index in [1.165, 1.54) is 0 Å². The van der Waals surface area contributed by atoms with Crippen LogP contribution in [0.5, 0.6) is 0 Å². The minimum Gasteiger partial charge on any atom is -0.481 e. The Hall–Kier alpha value is -2.42. The van der Waals surface area contributed by atoms with E-state index in [1.54, 1.807) is 30.3 Å². The smallest absolute Gasteiger partial charge is 0.336 e. The van der Waals surface area contributed by atoms with E-state index in [0.29, 0.717) is 5.56 Å². The first kappa shape index (κ1) is 22.9. The molecule has 1 aromatic rings. The van der Waals surface area contributed by atoms with Gasteiger partial charge in [-0.05, 0) is 12.1 Å². The zero-order chi connectivity index (χ0) is 17.3. The Kier molecular flexibility index (Phi) is 10.3. The van der Waals surface area contributed by atoms with Crippen molar-refractivity contribution in [2.24, 2.45) is 0 Å². The first-order valence-corrected chi connectivity index (χ1v) is 5.76. The number of carboxylic acid groups (broad SMARTS) is 4. The third-order valence-electron chi connectivity index (χ3n) is 2.31. The Morgan fingerprint density at radius 1 is 0.826 bits per heavy atom. The van der Waals surface area contributed by atoms with Gasteiger partial charge in [0.15, 0.2) is 5.60 Å². The molecule has 23 heavy (non-hydrogen) atoms. The summed E-state index contributed by atoms with van der Waals surface area (Å²) in [5.41, 5.74) is -2.41. The summed E-state index contributed by atoms with van der Waals surface area (Å²) in [5, 5.41) is 42.2. The predicted octanol–water partition coefficient (Wildman–Crippen LogP) is 0.134. The number of carbonyl (C=O) groups is 4. The molecule has 0 bridgehead atoms. The van der Waals surface area contributed by atoms with E-state index in [0.717, 1.165) is 0 Å². The van der Waals surface area contributed by atoms with Crippen LogP contribution in [0.1, 0.15) is 23.2 Å². The summed E-state index contributed by atoms with van der Waals surface area (Å²) < 4.78 is 0. The molecule has 5 N–H and O–H groups in total. The van der Waals surface area contributed by atoms with E-state index in [9.17, 15) is 19.2 Å². The molecule has 10 heteroatoms. The van der Waals surface area contributed by atoms with Gasteiger partial charge in [0.1, 0.15) is 0 Å². The summed E-state index contributed by atoms with van der Waals surface area (Å²) >= 11 is 0. The molecular weight excluding hydrogens is 356 g/mol. The van der Waals surface area contributed by atoms with Crippen LogP contribution < -0.4 is 0 Å². The largest absolute Gasteiger partial charge is 0.481 e. The molecule has 0 radical (unpaired) electrons. The standard InChI is InChI=1S/C7H6O2.C6H8O7.Fe/c8-7(9)6-4-2-1-3-5-6;7-3(8)1-6(13,5(11)12)2-4(9)10;/h1-5H,(H,8,9);13H,1-2H2,(H,7,8)(H,9,10)(H,11,12);. The van der Waals surface area contributed by atoms with Crippen LogP contribution in [-0.2, 0) is 31.5 Å². The maximum atomic E-state index is 10.3. The van der Waals surface area contributed by atoms with Crippen molar-refractivity contribution in [3.05, 3.63) is 35.9 Å². The number of aliphatic hydroxyl groups is 1. The second kappa shape index (κ2) is 10.3. The van der Waals surface area contributed by atoms with Gasteiger partial charge in [0, 0.05) is 17.1 Å². The zero-order valence-electron chi connectivity index (χ0n) is 11.5. The molecule has 1 aromatic carbocycles. The molecule has 0 heterocycles. The van der Waals surface area contributed by atoms with Gasteiger partial charge in [-0.1, -0.05) is 18.2 Å². The summed E-state index contributed by atoms with van der Waals surface area (Å²) in [6, 6.07) is 8.30. The number of benzene rings is 1. The van der Waals surface area contributed by atoms with Gasteiger partial charge in [-0.3, -0.25) is 9.59 Å². The molecule has 0 saturated heterocycles. The van der Waals surface area contributed by atoms with Gasteiger partial charge in [0.05, 0.1) is 18.4 Å². The van der Waals surface area contributed by atoms with Crippen molar-refractivity contribution in [3.63, 3.8) is 0 Å². The van der Waals surface area contributed by atoms with Gasteiger partial charge in [-0.15, -0.1) is 0 Å². The molecule has 0 atom stereocenters. The molecule has 1 rings (SSSR count). The fraction of sp³-hybridized carbons (Fsp3) is 0.231. The Labute approximate surface area is 140 Å². The molecule has 0 spiro atoms. The molecular formula is C13H14FeO9. The maximum absolute atomic E-state index is 10.3. The second-order valence-electron chi connectivity index (χ2n) is 4.15. The third kappa shape index (κ3) is 9.25. The molecule has 0 amide bonds. The Morgan fingerprint density at radius 3 is 1.43 bits per heavy atom. The zero-order valence-corrected chi connectivity index (χ0v) is 12.6. The summed E-state index contributed by atoms with van der Waals surface area (Å²) in [4.78, 5) is 40.7. The molecule has 128 valence electrons. The first-order valence-electron chi connectivity index (χ1n) is 5.76. The Morgan fingerprint density at radius 2 is 1.22 bits per heavy atom. The number of aromatic carboxylic acids is 1. The topological polar surface area (TPSA) is 169 Å². The summed E-state index contributed by atoms with van der Waals surface area (Å²) in [7, 11) is 0. The van der Waals surface area contributed by atoms with Gasteiger partial charge < -0.3 is 25.5 Å². The average molecular weight is 370 g/mol. The molecule has 0 fully saturated rings. The van der Waals surface area contributed by atoms with E-state index in [2.05, 4.69) is 0 Å². The Balaban J connectivity index is 0. The number of carboxylic acids is 4. The average Bonchev–Trinajstić information content (AvgIpc) is 2.38. The molecule has 0 aliphatic carbocycles. The van der Waals surface area contributed by atoms with Crippen molar-refractivity contribution in [1.29, 1.82) is 0 Å². The van der Waals surface area contributed by atoms with Crippen molar-refractivity contribution >= 4 is 23.9 Å². The van der Waals surface area contributed by atoms with Crippen LogP contribution in [-0.4, -0.2) is 55.0 Å². The predicted molar refractivity (Wildman–Crippen MR) is 70.5 cm³/mol. The summed E-state index contributed by atoms with van der Waals surface area (Å²) in [6.07, 6.45) is -2.29. The van der Waals surface area contributed by atoms with Gasteiger partial charge in [-0.25, -0.2) is 9.59 Å². The normalized spacial score (nSPS) is 9.61. The van der Waals surface area contributed by atoms with Crippen LogP contribution in [0.3, 0.4) is 0 Å². The van der Waals surface area contributed by atoms with E-state index in [-0.39, 0.29) is 17.1 Å². The number of aliphatic carboxylic acids is 3. The number of hydrogen-bond acceptors (Lipinski definition) is 5. The van der Waals surface area contributed by atoms with Gasteiger partial charge >= 0.3 is 23.9 Å². The van der Waals surface area contributed by atoms with Crippen molar-refractivity contribution < 1.29 is 61.8 Å². The van der Waals surface area contributed by atoms with Crippen LogP contribution >= 0.6 is 0 Å². The quantitative estimate of drug-likeness (QED) is 0.437. The van der Waals surface area contributed by atoms with Crippen molar-refractivity contribution in [2.75, 3.05) is 0 Å². The molecule has 0 saturated carbocycles.